The number of nitrogens with one attached hydrogen (secondary N) is 1. The van der Waals surface area contributed by atoms with Crippen LogP contribution >= 0.6 is 0 Å². The fourth-order valence-corrected chi connectivity index (χ4v) is 2.85. The van der Waals surface area contributed by atoms with Crippen LogP contribution in [0.1, 0.15) is 28.9 Å². The summed E-state index contributed by atoms with van der Waals surface area (Å²) in [5, 5.41) is 5.20. The molecule has 0 heterocycles. The smallest absolute Gasteiger partial charge is 0.258 e. The van der Waals surface area contributed by atoms with Gasteiger partial charge in [-0.3, -0.25) is 9.59 Å². The Labute approximate surface area is 151 Å². The SMILES string of the molecule is C[C@@H](NC(=O)COc1ccc(C(N)=O)cc1)c1cccc2ccccc12. The van der Waals surface area contributed by atoms with E-state index in [9.17, 15) is 9.59 Å². The van der Waals surface area contributed by atoms with Crippen LogP contribution in [-0.2, 0) is 4.79 Å². The number of hydrogen-bond donors (Lipinski definition) is 2. The molecule has 0 saturated heterocycles. The van der Waals surface area contributed by atoms with Gasteiger partial charge in [-0.15, -0.1) is 0 Å². The molecule has 0 unspecified atom stereocenters. The highest BCUT2D eigenvalue weighted by Gasteiger charge is 2.12. The standard InChI is InChI=1S/C21H20N2O3/c1-14(18-8-4-6-15-5-2-3-7-19(15)18)23-20(24)13-26-17-11-9-16(10-12-17)21(22)25/h2-12,14H,13H2,1H3,(H2,22,25)(H,23,24)/t14-/m1/s1. The monoisotopic (exact) mass is 348 g/mol. The maximum absolute atomic E-state index is 12.2. The van der Waals surface area contributed by atoms with Gasteiger partial charge in [-0.1, -0.05) is 42.5 Å². The van der Waals surface area contributed by atoms with Gasteiger partial charge in [0.2, 0.25) is 5.91 Å². The van der Waals surface area contributed by atoms with Crippen LogP contribution in [0.5, 0.6) is 5.75 Å². The quantitative estimate of drug-likeness (QED) is 0.718. The molecule has 0 aliphatic heterocycles. The van der Waals surface area contributed by atoms with Crippen LogP contribution < -0.4 is 15.8 Å². The van der Waals surface area contributed by atoms with E-state index in [1.165, 1.54) is 0 Å². The number of hydrogen-bond acceptors (Lipinski definition) is 3. The lowest BCUT2D eigenvalue weighted by Gasteiger charge is -2.17. The molecule has 5 heteroatoms. The third kappa shape index (κ3) is 4.00. The summed E-state index contributed by atoms with van der Waals surface area (Å²) in [5.74, 6) is -0.217. The Morgan fingerprint density at radius 1 is 1.00 bits per heavy atom. The first-order valence-electron chi connectivity index (χ1n) is 8.34. The highest BCUT2D eigenvalue weighted by Crippen LogP contribution is 2.24. The number of rotatable bonds is 6. The highest BCUT2D eigenvalue weighted by atomic mass is 16.5. The van der Waals surface area contributed by atoms with Gasteiger partial charge in [0, 0.05) is 5.56 Å². The van der Waals surface area contributed by atoms with E-state index in [1.807, 2.05) is 49.4 Å². The molecule has 3 N–H and O–H groups in total. The summed E-state index contributed by atoms with van der Waals surface area (Å²) in [6.45, 7) is 1.84. The van der Waals surface area contributed by atoms with Crippen LogP contribution in [0.25, 0.3) is 10.8 Å². The van der Waals surface area contributed by atoms with Crippen LogP contribution in [0, 0.1) is 0 Å². The molecule has 1 atom stereocenters. The van der Waals surface area contributed by atoms with E-state index in [0.29, 0.717) is 11.3 Å². The predicted molar refractivity (Wildman–Crippen MR) is 101 cm³/mol. The van der Waals surface area contributed by atoms with Crippen LogP contribution in [0.4, 0.5) is 0 Å². The Bertz CT molecular complexity index is 930. The maximum Gasteiger partial charge on any atom is 0.258 e. The van der Waals surface area contributed by atoms with Gasteiger partial charge in [0.1, 0.15) is 5.75 Å². The van der Waals surface area contributed by atoms with Crippen molar-refractivity contribution in [1.29, 1.82) is 0 Å². The summed E-state index contributed by atoms with van der Waals surface area (Å²) in [4.78, 5) is 23.2. The minimum atomic E-state index is -0.502. The van der Waals surface area contributed by atoms with Crippen molar-refractivity contribution < 1.29 is 14.3 Å². The second-order valence-electron chi connectivity index (χ2n) is 6.03. The summed E-state index contributed by atoms with van der Waals surface area (Å²) < 4.78 is 5.46. The fourth-order valence-electron chi connectivity index (χ4n) is 2.85. The first-order valence-corrected chi connectivity index (χ1v) is 8.34. The van der Waals surface area contributed by atoms with Crippen molar-refractivity contribution in [2.24, 2.45) is 5.73 Å². The van der Waals surface area contributed by atoms with E-state index in [-0.39, 0.29) is 18.6 Å². The van der Waals surface area contributed by atoms with E-state index >= 15 is 0 Å². The van der Waals surface area contributed by atoms with Crippen LogP contribution in [-0.4, -0.2) is 18.4 Å². The summed E-state index contributed by atoms with van der Waals surface area (Å²) in [5.41, 5.74) is 6.64. The third-order valence-corrected chi connectivity index (χ3v) is 4.18. The maximum atomic E-state index is 12.2. The van der Waals surface area contributed by atoms with E-state index < -0.39 is 5.91 Å². The molecule has 3 aromatic carbocycles. The van der Waals surface area contributed by atoms with Crippen molar-refractivity contribution in [3.8, 4) is 5.75 Å². The van der Waals surface area contributed by atoms with Crippen LogP contribution in [0.3, 0.4) is 0 Å². The van der Waals surface area contributed by atoms with Crippen molar-refractivity contribution in [2.75, 3.05) is 6.61 Å². The Hall–Kier alpha value is -3.34. The largest absolute Gasteiger partial charge is 0.484 e. The number of fused-ring (bicyclic) bond motifs is 1. The van der Waals surface area contributed by atoms with Crippen molar-refractivity contribution in [1.82, 2.24) is 5.32 Å². The molecule has 0 radical (unpaired) electrons. The first kappa shape index (κ1) is 17.5. The molecule has 5 nitrogen and oxygen atoms in total. The van der Waals surface area contributed by atoms with E-state index in [4.69, 9.17) is 10.5 Å². The number of carbonyl (C=O) groups excluding carboxylic acids is 2. The number of ether oxygens (including phenoxy) is 1. The van der Waals surface area contributed by atoms with Gasteiger partial charge in [-0.25, -0.2) is 0 Å². The lowest BCUT2D eigenvalue weighted by atomic mass is 10.00. The van der Waals surface area contributed by atoms with Gasteiger partial charge in [-0.2, -0.15) is 0 Å². The van der Waals surface area contributed by atoms with E-state index in [1.54, 1.807) is 24.3 Å². The Kier molecular flexibility index (Phi) is 5.17. The van der Waals surface area contributed by atoms with Gasteiger partial charge in [0.25, 0.3) is 5.91 Å². The molecule has 0 aliphatic carbocycles. The molecule has 0 fully saturated rings. The minimum Gasteiger partial charge on any atom is -0.484 e. The normalized spacial score (nSPS) is 11.7. The van der Waals surface area contributed by atoms with Crippen molar-refractivity contribution in [2.45, 2.75) is 13.0 Å². The summed E-state index contributed by atoms with van der Waals surface area (Å²) in [6, 6.07) is 20.3. The molecule has 0 aromatic heterocycles. The Balaban J connectivity index is 1.61. The number of amides is 2. The van der Waals surface area contributed by atoms with Gasteiger partial charge < -0.3 is 15.8 Å². The molecule has 0 saturated carbocycles. The van der Waals surface area contributed by atoms with Crippen LogP contribution in [0.2, 0.25) is 0 Å². The second kappa shape index (κ2) is 7.70. The molecule has 0 aliphatic rings. The zero-order valence-electron chi connectivity index (χ0n) is 14.4. The van der Waals surface area contributed by atoms with Gasteiger partial charge in [0.15, 0.2) is 6.61 Å². The fraction of sp³-hybridized carbons (Fsp3) is 0.143. The first-order chi connectivity index (χ1) is 12.5. The molecular formula is C21H20N2O3. The summed E-state index contributed by atoms with van der Waals surface area (Å²) in [6.07, 6.45) is 0. The lowest BCUT2D eigenvalue weighted by Crippen LogP contribution is -2.31. The average Bonchev–Trinajstić information content (AvgIpc) is 2.66. The second-order valence-corrected chi connectivity index (χ2v) is 6.03. The molecular weight excluding hydrogens is 328 g/mol. The van der Waals surface area contributed by atoms with Gasteiger partial charge in [0.05, 0.1) is 6.04 Å². The Morgan fingerprint density at radius 3 is 2.42 bits per heavy atom. The lowest BCUT2D eigenvalue weighted by molar-refractivity contribution is -0.123. The minimum absolute atomic E-state index is 0.106. The summed E-state index contributed by atoms with van der Waals surface area (Å²) in [7, 11) is 0. The van der Waals surface area contributed by atoms with E-state index in [0.717, 1.165) is 16.3 Å². The number of nitrogens with two attached hydrogens (primary N) is 1. The van der Waals surface area contributed by atoms with Gasteiger partial charge >= 0.3 is 0 Å². The number of benzene rings is 3. The molecule has 2 amide bonds. The molecule has 0 bridgehead atoms. The van der Waals surface area contributed by atoms with Crippen molar-refractivity contribution in [3.05, 3.63) is 77.9 Å². The topological polar surface area (TPSA) is 81.4 Å². The molecule has 26 heavy (non-hydrogen) atoms. The highest BCUT2D eigenvalue weighted by molar-refractivity contribution is 5.92. The molecule has 3 aromatic rings. The molecule has 3 rings (SSSR count). The molecule has 132 valence electrons. The van der Waals surface area contributed by atoms with E-state index in [2.05, 4.69) is 5.32 Å². The molecule has 0 spiro atoms. The average molecular weight is 348 g/mol. The number of carbonyl (C=O) groups is 2. The zero-order valence-corrected chi connectivity index (χ0v) is 14.4. The Morgan fingerprint density at radius 2 is 1.69 bits per heavy atom. The van der Waals surface area contributed by atoms with Crippen molar-refractivity contribution >= 4 is 22.6 Å². The third-order valence-electron chi connectivity index (χ3n) is 4.18. The number of primary amides is 1. The predicted octanol–water partition coefficient (Wildman–Crippen LogP) is 3.19. The van der Waals surface area contributed by atoms with Crippen molar-refractivity contribution in [3.63, 3.8) is 0 Å². The van der Waals surface area contributed by atoms with Gasteiger partial charge in [-0.05, 0) is 47.5 Å². The summed E-state index contributed by atoms with van der Waals surface area (Å²) >= 11 is 0. The van der Waals surface area contributed by atoms with Crippen LogP contribution in [0.15, 0.2) is 66.7 Å². The zero-order chi connectivity index (χ0) is 18.5.